The predicted octanol–water partition coefficient (Wildman–Crippen LogP) is 0.344. The predicted molar refractivity (Wildman–Crippen MR) is 74.2 cm³/mol. The molecule has 0 atom stereocenters. The maximum Gasteiger partial charge on any atom is 0.269 e. The number of nitrogens with one attached hydrogen (secondary N) is 1. The van der Waals surface area contributed by atoms with Crippen LogP contribution in [0.4, 0.5) is 5.82 Å². The molecular formula is C12H17N7O. The van der Waals surface area contributed by atoms with E-state index in [2.05, 4.69) is 20.5 Å². The molecule has 0 aliphatic heterocycles. The number of amides is 1. The molecule has 0 spiro atoms. The second-order valence-electron chi connectivity index (χ2n) is 5.34. The van der Waals surface area contributed by atoms with Gasteiger partial charge in [-0.2, -0.15) is 5.10 Å². The van der Waals surface area contributed by atoms with Crippen LogP contribution in [-0.2, 0) is 5.41 Å². The van der Waals surface area contributed by atoms with E-state index in [1.807, 2.05) is 20.8 Å². The van der Waals surface area contributed by atoms with E-state index in [1.165, 1.54) is 10.7 Å². The van der Waals surface area contributed by atoms with Crippen molar-refractivity contribution in [1.29, 1.82) is 0 Å². The number of hydrogen-bond acceptors (Lipinski definition) is 6. The molecule has 0 saturated heterocycles. The first kappa shape index (κ1) is 13.9. The van der Waals surface area contributed by atoms with E-state index in [4.69, 9.17) is 11.6 Å². The van der Waals surface area contributed by atoms with E-state index in [1.54, 1.807) is 12.3 Å². The summed E-state index contributed by atoms with van der Waals surface area (Å²) in [5, 5.41) is 4.06. The summed E-state index contributed by atoms with van der Waals surface area (Å²) in [6.45, 7) is 5.97. The minimum absolute atomic E-state index is 0.170. The summed E-state index contributed by atoms with van der Waals surface area (Å²) >= 11 is 0. The number of carbonyl (C=O) groups excluding carboxylic acids is 1. The smallest absolute Gasteiger partial charge is 0.269 e. The first-order chi connectivity index (χ1) is 9.31. The van der Waals surface area contributed by atoms with Gasteiger partial charge in [-0.15, -0.1) is 0 Å². The largest absolute Gasteiger partial charge is 0.364 e. The average molecular weight is 275 g/mol. The molecular weight excluding hydrogens is 258 g/mol. The maximum atomic E-state index is 11.1. The van der Waals surface area contributed by atoms with Gasteiger partial charge < -0.3 is 11.2 Å². The first-order valence-electron chi connectivity index (χ1n) is 6.03. The van der Waals surface area contributed by atoms with Crippen LogP contribution in [0.2, 0.25) is 0 Å². The molecule has 2 aromatic heterocycles. The van der Waals surface area contributed by atoms with E-state index in [0.29, 0.717) is 17.5 Å². The van der Waals surface area contributed by atoms with Crippen LogP contribution in [0.25, 0.3) is 5.82 Å². The molecule has 0 unspecified atom stereocenters. The van der Waals surface area contributed by atoms with E-state index < -0.39 is 5.91 Å². The molecule has 1 amide bonds. The van der Waals surface area contributed by atoms with Gasteiger partial charge in [-0.1, -0.05) is 20.8 Å². The van der Waals surface area contributed by atoms with E-state index >= 15 is 0 Å². The molecule has 0 saturated carbocycles. The lowest BCUT2D eigenvalue weighted by Gasteiger charge is -2.18. The van der Waals surface area contributed by atoms with Crippen molar-refractivity contribution in [2.24, 2.45) is 11.6 Å². The number of nitrogens with two attached hydrogens (primary N) is 2. The number of nitrogen functional groups attached to an aromatic ring is 1. The van der Waals surface area contributed by atoms with Gasteiger partial charge in [0.2, 0.25) is 0 Å². The highest BCUT2D eigenvalue weighted by Gasteiger charge is 2.20. The van der Waals surface area contributed by atoms with Gasteiger partial charge in [0, 0.05) is 17.7 Å². The average Bonchev–Trinajstić information content (AvgIpc) is 2.87. The SMILES string of the molecule is CC(C)(C)c1nc(NN)cc(-n2ccc(C(N)=O)n2)n1. The number of carbonyl (C=O) groups is 1. The van der Waals surface area contributed by atoms with Crippen molar-refractivity contribution < 1.29 is 4.79 Å². The fourth-order valence-corrected chi connectivity index (χ4v) is 1.54. The van der Waals surface area contributed by atoms with Crippen LogP contribution in [0, 0.1) is 0 Å². The fraction of sp³-hybridized carbons (Fsp3) is 0.333. The number of primary amides is 1. The number of hydrazine groups is 1. The molecule has 8 nitrogen and oxygen atoms in total. The Bertz CT molecular complexity index is 641. The highest BCUT2D eigenvalue weighted by molar-refractivity contribution is 5.90. The molecule has 0 aliphatic carbocycles. The summed E-state index contributed by atoms with van der Waals surface area (Å²) in [6.07, 6.45) is 1.61. The Morgan fingerprint density at radius 3 is 2.55 bits per heavy atom. The summed E-state index contributed by atoms with van der Waals surface area (Å²) in [5.74, 6) is 6.41. The van der Waals surface area contributed by atoms with Crippen LogP contribution in [0.1, 0.15) is 37.1 Å². The minimum Gasteiger partial charge on any atom is -0.364 e. The Kier molecular flexibility index (Phi) is 3.41. The second-order valence-corrected chi connectivity index (χ2v) is 5.34. The molecule has 5 N–H and O–H groups in total. The van der Waals surface area contributed by atoms with Crippen LogP contribution >= 0.6 is 0 Å². The van der Waals surface area contributed by atoms with Crippen molar-refractivity contribution in [1.82, 2.24) is 19.7 Å². The molecule has 20 heavy (non-hydrogen) atoms. The Morgan fingerprint density at radius 1 is 1.35 bits per heavy atom. The van der Waals surface area contributed by atoms with Crippen molar-refractivity contribution >= 4 is 11.7 Å². The summed E-state index contributed by atoms with van der Waals surface area (Å²) in [5.41, 5.74) is 7.60. The third-order valence-corrected chi connectivity index (χ3v) is 2.61. The van der Waals surface area contributed by atoms with E-state index in [9.17, 15) is 4.79 Å². The third kappa shape index (κ3) is 2.75. The van der Waals surface area contributed by atoms with Gasteiger partial charge in [-0.3, -0.25) is 4.79 Å². The van der Waals surface area contributed by atoms with Gasteiger partial charge in [0.1, 0.15) is 17.3 Å². The number of anilines is 1. The summed E-state index contributed by atoms with van der Waals surface area (Å²) in [6, 6.07) is 3.16. The number of aromatic nitrogens is 4. The van der Waals surface area contributed by atoms with Crippen molar-refractivity contribution in [2.45, 2.75) is 26.2 Å². The minimum atomic E-state index is -0.592. The number of rotatable bonds is 3. The van der Waals surface area contributed by atoms with E-state index in [-0.39, 0.29) is 11.1 Å². The number of nitrogens with zero attached hydrogens (tertiary/aromatic N) is 4. The zero-order valence-corrected chi connectivity index (χ0v) is 11.6. The molecule has 106 valence electrons. The summed E-state index contributed by atoms with van der Waals surface area (Å²) in [4.78, 5) is 19.8. The Labute approximate surface area is 116 Å². The number of hydrogen-bond donors (Lipinski definition) is 3. The van der Waals surface area contributed by atoms with Crippen LogP contribution in [0.15, 0.2) is 18.3 Å². The highest BCUT2D eigenvalue weighted by atomic mass is 16.1. The van der Waals surface area contributed by atoms with Crippen molar-refractivity contribution in [3.63, 3.8) is 0 Å². The van der Waals surface area contributed by atoms with Gasteiger partial charge in [-0.25, -0.2) is 20.5 Å². The van der Waals surface area contributed by atoms with Crippen molar-refractivity contribution in [3.8, 4) is 5.82 Å². The van der Waals surface area contributed by atoms with E-state index in [0.717, 1.165) is 0 Å². The molecule has 0 aliphatic rings. The van der Waals surface area contributed by atoms with Gasteiger partial charge >= 0.3 is 0 Å². The highest BCUT2D eigenvalue weighted by Crippen LogP contribution is 2.21. The Hall–Kier alpha value is -2.48. The first-order valence-corrected chi connectivity index (χ1v) is 6.03. The van der Waals surface area contributed by atoms with Crippen LogP contribution in [0.3, 0.4) is 0 Å². The molecule has 0 fully saturated rings. The van der Waals surface area contributed by atoms with Crippen LogP contribution in [-0.4, -0.2) is 25.7 Å². The molecule has 0 aromatic carbocycles. The maximum absolute atomic E-state index is 11.1. The topological polar surface area (TPSA) is 125 Å². The lowest BCUT2D eigenvalue weighted by molar-refractivity contribution is 0.0995. The standard InChI is InChI=1S/C12H17N7O/c1-12(2,3)11-15-8(17-14)6-9(16-11)19-5-4-7(18-19)10(13)20/h4-6H,14H2,1-3H3,(H2,13,20)(H,15,16,17). The Morgan fingerprint density at radius 2 is 2.05 bits per heavy atom. The summed E-state index contributed by atoms with van der Waals surface area (Å²) < 4.78 is 1.46. The lowest BCUT2D eigenvalue weighted by Crippen LogP contribution is -2.20. The molecule has 2 aromatic rings. The zero-order valence-electron chi connectivity index (χ0n) is 11.6. The quantitative estimate of drug-likeness (QED) is 0.548. The molecule has 0 bridgehead atoms. The fourth-order valence-electron chi connectivity index (χ4n) is 1.54. The van der Waals surface area contributed by atoms with Crippen LogP contribution in [0.5, 0.6) is 0 Å². The van der Waals surface area contributed by atoms with Gasteiger partial charge in [-0.05, 0) is 6.07 Å². The molecule has 2 heterocycles. The van der Waals surface area contributed by atoms with Crippen LogP contribution < -0.4 is 17.0 Å². The molecule has 0 radical (unpaired) electrons. The van der Waals surface area contributed by atoms with Crippen molar-refractivity contribution in [2.75, 3.05) is 5.43 Å². The second kappa shape index (κ2) is 4.89. The summed E-state index contributed by atoms with van der Waals surface area (Å²) in [7, 11) is 0. The normalized spacial score (nSPS) is 11.4. The third-order valence-electron chi connectivity index (χ3n) is 2.61. The van der Waals surface area contributed by atoms with Gasteiger partial charge in [0.15, 0.2) is 5.82 Å². The zero-order chi connectivity index (χ0) is 14.9. The molecule has 2 rings (SSSR count). The van der Waals surface area contributed by atoms with Gasteiger partial charge in [0.25, 0.3) is 5.91 Å². The monoisotopic (exact) mass is 275 g/mol. The lowest BCUT2D eigenvalue weighted by atomic mass is 9.96. The molecule has 8 heteroatoms. The Balaban J connectivity index is 2.52. The van der Waals surface area contributed by atoms with Crippen molar-refractivity contribution in [3.05, 3.63) is 29.8 Å². The van der Waals surface area contributed by atoms with Gasteiger partial charge in [0.05, 0.1) is 0 Å².